The van der Waals surface area contributed by atoms with Gasteiger partial charge in [0.25, 0.3) is 0 Å². The fraction of sp³-hybridized carbons (Fsp3) is 0.323. The van der Waals surface area contributed by atoms with Gasteiger partial charge in [0.05, 0.1) is 12.0 Å². The van der Waals surface area contributed by atoms with Gasteiger partial charge < -0.3 is 9.15 Å². The highest BCUT2D eigenvalue weighted by molar-refractivity contribution is 5.77. The number of hydrogen-bond acceptors (Lipinski definition) is 3. The van der Waals surface area contributed by atoms with Gasteiger partial charge in [0, 0.05) is 22.3 Å². The van der Waals surface area contributed by atoms with Crippen molar-refractivity contribution in [2.24, 2.45) is 11.8 Å². The summed E-state index contributed by atoms with van der Waals surface area (Å²) in [7, 11) is 0. The molecule has 0 radical (unpaired) electrons. The van der Waals surface area contributed by atoms with E-state index in [1.807, 2.05) is 0 Å². The van der Waals surface area contributed by atoms with Crippen molar-refractivity contribution in [3.8, 4) is 6.07 Å². The van der Waals surface area contributed by atoms with Crippen LogP contribution in [-0.4, -0.2) is 6.10 Å². The summed E-state index contributed by atoms with van der Waals surface area (Å²) in [6.45, 7) is 0. The van der Waals surface area contributed by atoms with Gasteiger partial charge in [0.2, 0.25) is 0 Å². The van der Waals surface area contributed by atoms with Crippen LogP contribution < -0.4 is 10.6 Å². The molecule has 3 atom stereocenters. The van der Waals surface area contributed by atoms with Gasteiger partial charge in [-0.3, -0.25) is 0 Å². The summed E-state index contributed by atoms with van der Waals surface area (Å²) in [5.74, 6) is 2.28. The van der Waals surface area contributed by atoms with E-state index in [0.29, 0.717) is 0 Å². The van der Waals surface area contributed by atoms with Crippen LogP contribution in [0.5, 0.6) is 0 Å². The van der Waals surface area contributed by atoms with Crippen molar-refractivity contribution in [3.63, 3.8) is 0 Å². The summed E-state index contributed by atoms with van der Waals surface area (Å²) in [5.41, 5.74) is 8.86. The Kier molecular flexibility index (Phi) is 4.55. The third-order valence-corrected chi connectivity index (χ3v) is 7.95. The summed E-state index contributed by atoms with van der Waals surface area (Å²) in [5, 5.41) is 10.7. The molecule has 5 aliphatic carbocycles. The van der Waals surface area contributed by atoms with Crippen molar-refractivity contribution in [1.82, 2.24) is 0 Å². The molecule has 0 aromatic carbocycles. The lowest BCUT2D eigenvalue weighted by atomic mass is 9.77. The predicted octanol–water partition coefficient (Wildman–Crippen LogP) is 5.48. The molecule has 0 amide bonds. The van der Waals surface area contributed by atoms with Gasteiger partial charge in [-0.15, -0.1) is 0 Å². The Balaban J connectivity index is 1.41. The van der Waals surface area contributed by atoms with Crippen LogP contribution in [0.25, 0.3) is 17.7 Å². The first-order chi connectivity index (χ1) is 16.8. The molecule has 1 aromatic heterocycles. The highest BCUT2D eigenvalue weighted by Gasteiger charge is 2.41. The topological polar surface area (TPSA) is 46.2 Å². The molecule has 34 heavy (non-hydrogen) atoms. The number of ether oxygens (including phenoxy) is 1. The Labute approximate surface area is 199 Å². The molecule has 1 aliphatic heterocycles. The quantitative estimate of drug-likeness (QED) is 0.606. The number of rotatable bonds is 2. The van der Waals surface area contributed by atoms with E-state index in [1.54, 1.807) is 0 Å². The number of allylic oxidation sites excluding steroid dienone is 10. The molecule has 6 aliphatic rings. The SMILES string of the molecule is N#CC1C=C(C2=CCCC(C3=c4c5c(oc4=CC4C6=C(C=CCC6)OC34)C=CCC5)=C2)C=CC1. The van der Waals surface area contributed by atoms with E-state index in [9.17, 15) is 5.26 Å². The predicted molar refractivity (Wildman–Crippen MR) is 133 cm³/mol. The molecular weight excluding hydrogens is 418 g/mol. The third-order valence-electron chi connectivity index (χ3n) is 7.95. The minimum atomic E-state index is -0.0406. The summed E-state index contributed by atoms with van der Waals surface area (Å²) >= 11 is 0. The van der Waals surface area contributed by atoms with E-state index in [-0.39, 0.29) is 17.9 Å². The zero-order valence-corrected chi connectivity index (χ0v) is 19.2. The second-order valence-corrected chi connectivity index (χ2v) is 9.96. The molecule has 0 spiro atoms. The Morgan fingerprint density at radius 3 is 2.76 bits per heavy atom. The lowest BCUT2D eigenvalue weighted by molar-refractivity contribution is 0.183. The van der Waals surface area contributed by atoms with Crippen LogP contribution in [0.1, 0.15) is 49.8 Å². The second-order valence-electron chi connectivity index (χ2n) is 9.96. The van der Waals surface area contributed by atoms with Gasteiger partial charge in [-0.05, 0) is 85.5 Å². The maximum Gasteiger partial charge on any atom is 0.135 e. The number of nitriles is 1. The Hall–Kier alpha value is -3.51. The van der Waals surface area contributed by atoms with Gasteiger partial charge >= 0.3 is 0 Å². The average Bonchev–Trinajstić information content (AvgIpc) is 3.45. The van der Waals surface area contributed by atoms with Crippen LogP contribution in [-0.2, 0) is 11.2 Å². The van der Waals surface area contributed by atoms with Gasteiger partial charge in [0.15, 0.2) is 0 Å². The highest BCUT2D eigenvalue weighted by atomic mass is 16.5. The number of nitrogens with zero attached hydrogens (tertiary/aromatic N) is 1. The van der Waals surface area contributed by atoms with E-state index in [2.05, 4.69) is 66.8 Å². The van der Waals surface area contributed by atoms with E-state index in [0.717, 1.165) is 61.9 Å². The van der Waals surface area contributed by atoms with Gasteiger partial charge in [-0.2, -0.15) is 5.26 Å². The van der Waals surface area contributed by atoms with Crippen molar-refractivity contribution in [3.05, 3.63) is 98.6 Å². The lowest BCUT2D eigenvalue weighted by Gasteiger charge is -2.28. The maximum absolute atomic E-state index is 9.45. The number of furan rings is 1. The van der Waals surface area contributed by atoms with Crippen molar-refractivity contribution in [2.75, 3.05) is 0 Å². The van der Waals surface area contributed by atoms with E-state index >= 15 is 0 Å². The molecule has 3 heteroatoms. The second kappa shape index (κ2) is 7.77. The molecule has 0 saturated heterocycles. The van der Waals surface area contributed by atoms with Crippen LogP contribution in [0.2, 0.25) is 0 Å². The number of hydrogen-bond donors (Lipinski definition) is 0. The first-order valence-electron chi connectivity index (χ1n) is 12.6. The Morgan fingerprint density at radius 1 is 0.912 bits per heavy atom. The zero-order valence-electron chi connectivity index (χ0n) is 19.2. The van der Waals surface area contributed by atoms with Crippen molar-refractivity contribution >= 4 is 17.7 Å². The monoisotopic (exact) mass is 445 g/mol. The molecule has 7 rings (SSSR count). The van der Waals surface area contributed by atoms with Crippen molar-refractivity contribution < 1.29 is 9.15 Å². The first-order valence-corrected chi connectivity index (χ1v) is 12.6. The standard InChI is InChI=1S/C31H27NO2/c32-18-19-7-5-8-20(15-19)21-9-6-10-22(16-21)29-30-24-12-2-4-14-27(24)33-28(30)17-25-23-11-1-3-13-26(23)34-31(25)29/h3-5,8-9,13-17,19,25,31H,1-2,6-7,10-12H2. The lowest BCUT2D eigenvalue weighted by Crippen LogP contribution is -2.39. The number of fused-ring (bicyclic) bond motifs is 5. The summed E-state index contributed by atoms with van der Waals surface area (Å²) in [4.78, 5) is 0. The maximum atomic E-state index is 9.45. The molecule has 168 valence electrons. The van der Waals surface area contributed by atoms with Crippen LogP contribution in [0.3, 0.4) is 0 Å². The first kappa shape index (κ1) is 19.9. The van der Waals surface area contributed by atoms with Crippen LogP contribution in [0, 0.1) is 23.2 Å². The molecular formula is C31H27NO2. The van der Waals surface area contributed by atoms with Gasteiger partial charge in [-0.25, -0.2) is 0 Å². The molecule has 2 heterocycles. The molecule has 0 N–H and O–H groups in total. The molecule has 3 nitrogen and oxygen atoms in total. The fourth-order valence-corrected chi connectivity index (χ4v) is 6.37. The molecule has 1 aromatic rings. The zero-order chi connectivity index (χ0) is 22.6. The minimum absolute atomic E-state index is 0.0150. The summed E-state index contributed by atoms with van der Waals surface area (Å²) < 4.78 is 13.1. The van der Waals surface area contributed by atoms with Crippen molar-refractivity contribution in [1.29, 1.82) is 5.26 Å². The normalized spacial score (nSPS) is 28.5. The van der Waals surface area contributed by atoms with Crippen LogP contribution >= 0.6 is 0 Å². The highest BCUT2D eigenvalue weighted by Crippen LogP contribution is 2.45. The summed E-state index contributed by atoms with van der Waals surface area (Å²) in [6.07, 6.45) is 29.2. The Bertz CT molecular complexity index is 1470. The largest absolute Gasteiger partial charge is 0.485 e. The van der Waals surface area contributed by atoms with Crippen molar-refractivity contribution in [2.45, 2.75) is 51.0 Å². The van der Waals surface area contributed by atoms with E-state index in [4.69, 9.17) is 9.15 Å². The third kappa shape index (κ3) is 3.02. The van der Waals surface area contributed by atoms with Crippen LogP contribution in [0.4, 0.5) is 0 Å². The summed E-state index contributed by atoms with van der Waals surface area (Å²) in [6, 6.07) is 2.41. The fourth-order valence-electron chi connectivity index (χ4n) is 6.37. The van der Waals surface area contributed by atoms with E-state index in [1.165, 1.54) is 38.6 Å². The van der Waals surface area contributed by atoms with Gasteiger partial charge in [-0.1, -0.05) is 42.5 Å². The smallest absolute Gasteiger partial charge is 0.135 e. The molecule has 0 saturated carbocycles. The van der Waals surface area contributed by atoms with Gasteiger partial charge in [0.1, 0.15) is 23.0 Å². The molecule has 3 unspecified atom stereocenters. The van der Waals surface area contributed by atoms with E-state index < -0.39 is 0 Å². The Morgan fingerprint density at radius 2 is 1.82 bits per heavy atom. The molecule has 0 bridgehead atoms. The molecule has 0 fully saturated rings. The average molecular weight is 446 g/mol. The van der Waals surface area contributed by atoms with Crippen LogP contribution in [0.15, 0.2) is 81.1 Å². The minimum Gasteiger partial charge on any atom is -0.485 e.